The van der Waals surface area contributed by atoms with Gasteiger partial charge >= 0.3 is 18.2 Å². The van der Waals surface area contributed by atoms with Crippen LogP contribution in [0, 0.1) is 0 Å². The fraction of sp³-hybridized carbons (Fsp3) is 0.333. The van der Waals surface area contributed by atoms with E-state index >= 15 is 0 Å². The van der Waals surface area contributed by atoms with Gasteiger partial charge in [0.15, 0.2) is 11.5 Å². The van der Waals surface area contributed by atoms with Crippen molar-refractivity contribution < 1.29 is 31.8 Å². The second kappa shape index (κ2) is 9.98. The molecule has 2 heterocycles. The Hall–Kier alpha value is -3.53. The Bertz CT molecular complexity index is 1300. The molecule has 1 aliphatic heterocycles. The lowest BCUT2D eigenvalue weighted by Gasteiger charge is -2.37. The van der Waals surface area contributed by atoms with Crippen molar-refractivity contribution in [3.8, 4) is 11.5 Å². The van der Waals surface area contributed by atoms with Gasteiger partial charge in [-0.1, -0.05) is 60.8 Å². The van der Waals surface area contributed by atoms with Crippen LogP contribution >= 0.6 is 11.6 Å². The summed E-state index contributed by atoms with van der Waals surface area (Å²) < 4.78 is 64.3. The lowest BCUT2D eigenvalue weighted by atomic mass is 9.80. The Labute approximate surface area is 221 Å². The van der Waals surface area contributed by atoms with Gasteiger partial charge in [-0.2, -0.15) is 17.6 Å². The molecule has 2 aliphatic rings. The zero-order valence-electron chi connectivity index (χ0n) is 20.0. The molecule has 200 valence electrons. The Morgan fingerprint density at radius 2 is 1.66 bits per heavy atom. The first-order chi connectivity index (χ1) is 18.1. The third-order valence-corrected chi connectivity index (χ3v) is 6.97. The number of hydrogen-bond acceptors (Lipinski definition) is 4. The van der Waals surface area contributed by atoms with Gasteiger partial charge in [-0.15, -0.1) is 0 Å². The Morgan fingerprint density at radius 1 is 0.974 bits per heavy atom. The number of nitrogens with one attached hydrogen (secondary N) is 2. The second-order valence-electron chi connectivity index (χ2n) is 9.41. The predicted octanol–water partition coefficient (Wildman–Crippen LogP) is 6.42. The van der Waals surface area contributed by atoms with Gasteiger partial charge in [0.1, 0.15) is 5.54 Å². The van der Waals surface area contributed by atoms with Crippen molar-refractivity contribution in [2.75, 3.05) is 0 Å². The van der Waals surface area contributed by atoms with Crippen molar-refractivity contribution in [1.29, 1.82) is 0 Å². The number of halogens is 5. The highest BCUT2D eigenvalue weighted by Gasteiger charge is 2.66. The van der Waals surface area contributed by atoms with Gasteiger partial charge in [0, 0.05) is 18.7 Å². The molecule has 38 heavy (non-hydrogen) atoms. The molecule has 0 saturated heterocycles. The average Bonchev–Trinajstić information content (AvgIpc) is 3.37. The highest BCUT2D eigenvalue weighted by Crippen LogP contribution is 2.48. The predicted molar refractivity (Wildman–Crippen MR) is 132 cm³/mol. The minimum absolute atomic E-state index is 0.0104. The zero-order valence-corrected chi connectivity index (χ0v) is 20.8. The first-order valence-corrected chi connectivity index (χ1v) is 12.5. The number of fused-ring (bicyclic) bond motifs is 1. The number of benzene rings is 2. The number of alkyl halides is 4. The summed E-state index contributed by atoms with van der Waals surface area (Å²) in [6, 6.07) is 15.5. The molecule has 3 aromatic rings. The number of aromatic nitrogens is 1. The maximum Gasteiger partial charge on any atom is 0.507 e. The van der Waals surface area contributed by atoms with Crippen LogP contribution in [0.3, 0.4) is 0 Å². The molecule has 0 unspecified atom stereocenters. The van der Waals surface area contributed by atoms with Crippen LogP contribution < -0.4 is 20.1 Å². The normalized spacial score (nSPS) is 19.4. The summed E-state index contributed by atoms with van der Waals surface area (Å²) in [5.41, 5.74) is -0.0261. The highest BCUT2D eigenvalue weighted by molar-refractivity contribution is 6.30. The van der Waals surface area contributed by atoms with E-state index < -0.39 is 35.3 Å². The first kappa shape index (κ1) is 26.1. The quantitative estimate of drug-likeness (QED) is 0.348. The number of urea groups is 1. The monoisotopic (exact) mass is 549 g/mol. The number of nitrogens with zero attached hydrogens (tertiary/aromatic N) is 1. The van der Waals surface area contributed by atoms with Crippen LogP contribution in [0.25, 0.3) is 0 Å². The number of ether oxygens (including phenoxy) is 2. The maximum atomic E-state index is 14.0. The molecule has 11 heteroatoms. The summed E-state index contributed by atoms with van der Waals surface area (Å²) in [4.78, 5) is 17.8. The smallest absolute Gasteiger partial charge is 0.421 e. The molecule has 1 saturated carbocycles. The molecule has 1 aliphatic carbocycles. The van der Waals surface area contributed by atoms with Crippen LogP contribution in [-0.4, -0.2) is 29.3 Å². The average molecular weight is 550 g/mol. The largest absolute Gasteiger partial charge is 0.507 e. The maximum absolute atomic E-state index is 14.0. The fourth-order valence-corrected chi connectivity index (χ4v) is 4.98. The van der Waals surface area contributed by atoms with Crippen LogP contribution in [0.5, 0.6) is 11.5 Å². The minimum atomic E-state index is -4.90. The van der Waals surface area contributed by atoms with E-state index in [1.807, 2.05) is 30.3 Å². The lowest BCUT2D eigenvalue weighted by Crippen LogP contribution is -2.54. The molecule has 2 aromatic carbocycles. The molecule has 1 fully saturated rings. The van der Waals surface area contributed by atoms with Gasteiger partial charge in [0.05, 0.1) is 10.7 Å². The number of hydrogen-bond donors (Lipinski definition) is 2. The van der Waals surface area contributed by atoms with E-state index in [0.29, 0.717) is 10.7 Å². The topological polar surface area (TPSA) is 72.5 Å². The van der Waals surface area contributed by atoms with Gasteiger partial charge in [0.25, 0.3) is 0 Å². The van der Waals surface area contributed by atoms with Gasteiger partial charge in [-0.05, 0) is 48.2 Å². The third-order valence-electron chi connectivity index (χ3n) is 6.75. The van der Waals surface area contributed by atoms with Crippen molar-refractivity contribution in [2.24, 2.45) is 0 Å². The fourth-order valence-electron chi connectivity index (χ4n) is 4.87. The summed E-state index contributed by atoms with van der Waals surface area (Å²) in [5.74, 6) is -1.15. The van der Waals surface area contributed by atoms with Crippen LogP contribution in [0.1, 0.15) is 42.5 Å². The van der Waals surface area contributed by atoms with Crippen molar-refractivity contribution in [3.05, 3.63) is 88.7 Å². The van der Waals surface area contributed by atoms with Crippen LogP contribution in [0.15, 0.2) is 66.9 Å². The van der Waals surface area contributed by atoms with E-state index in [0.717, 1.165) is 43.4 Å². The Kier molecular flexibility index (Phi) is 6.85. The second-order valence-corrected chi connectivity index (χ2v) is 9.84. The number of carbonyl (C=O) groups is 1. The summed E-state index contributed by atoms with van der Waals surface area (Å²) in [6.45, 7) is 0. The van der Waals surface area contributed by atoms with Crippen LogP contribution in [-0.2, 0) is 12.0 Å². The first-order valence-electron chi connectivity index (χ1n) is 12.1. The van der Waals surface area contributed by atoms with Gasteiger partial charge in [0.2, 0.25) is 0 Å². The molecular formula is C27H24ClF4N3O3. The highest BCUT2D eigenvalue weighted by atomic mass is 35.5. The molecule has 0 radical (unpaired) electrons. The SMILES string of the molecule is O=C(NC1CCCC1)N[C@@](Cc1ccccc1)(c1ccc2c(c1)OC(F)(F)C(F)(F)O2)c1ccc(Cl)cn1. The van der Waals surface area contributed by atoms with E-state index in [1.165, 1.54) is 12.3 Å². The standard InChI is InChI=1S/C27H24ClF4N3O3/c28-19-11-13-23(33-16-19)25(15-17-6-2-1-3-7-17,35-24(36)34-20-8-4-5-9-20)18-10-12-21-22(14-18)38-27(31,32)26(29,30)37-21/h1-3,6-7,10-14,16,20H,4-5,8-9,15H2,(H2,34,35,36)/t25-/m0/s1. The lowest BCUT2D eigenvalue weighted by molar-refractivity contribution is -0.391. The minimum Gasteiger partial charge on any atom is -0.421 e. The summed E-state index contributed by atoms with van der Waals surface area (Å²) in [5, 5.41) is 6.34. The Balaban J connectivity index is 1.63. The van der Waals surface area contributed by atoms with Crippen molar-refractivity contribution in [2.45, 2.75) is 55.9 Å². The zero-order chi connectivity index (χ0) is 27.0. The van der Waals surface area contributed by atoms with E-state index in [2.05, 4.69) is 25.1 Å². The number of pyridine rings is 1. The molecule has 2 N–H and O–H groups in total. The number of rotatable bonds is 6. The summed E-state index contributed by atoms with van der Waals surface area (Å²) >= 11 is 6.09. The van der Waals surface area contributed by atoms with Gasteiger partial charge < -0.3 is 20.1 Å². The summed E-state index contributed by atoms with van der Waals surface area (Å²) in [7, 11) is 0. The molecule has 6 nitrogen and oxygen atoms in total. The van der Waals surface area contributed by atoms with Crippen LogP contribution in [0.2, 0.25) is 5.02 Å². The Morgan fingerprint density at radius 3 is 2.32 bits per heavy atom. The summed E-state index contributed by atoms with van der Waals surface area (Å²) in [6.07, 6.45) is -4.52. The van der Waals surface area contributed by atoms with E-state index in [-0.39, 0.29) is 18.0 Å². The van der Waals surface area contributed by atoms with Crippen LogP contribution in [0.4, 0.5) is 22.4 Å². The van der Waals surface area contributed by atoms with Gasteiger partial charge in [-0.3, -0.25) is 4.98 Å². The van der Waals surface area contributed by atoms with Gasteiger partial charge in [-0.25, -0.2) is 4.79 Å². The third kappa shape index (κ3) is 5.09. The molecule has 2 amide bonds. The number of amides is 2. The van der Waals surface area contributed by atoms with Crippen molar-refractivity contribution in [1.82, 2.24) is 15.6 Å². The molecule has 0 spiro atoms. The molecule has 1 atom stereocenters. The van der Waals surface area contributed by atoms with Crippen molar-refractivity contribution >= 4 is 17.6 Å². The molecular weight excluding hydrogens is 526 g/mol. The van der Waals surface area contributed by atoms with E-state index in [9.17, 15) is 22.4 Å². The van der Waals surface area contributed by atoms with E-state index in [4.69, 9.17) is 11.6 Å². The van der Waals surface area contributed by atoms with E-state index in [1.54, 1.807) is 12.1 Å². The molecule has 0 bridgehead atoms. The number of carbonyl (C=O) groups excluding carboxylic acids is 1. The molecule has 5 rings (SSSR count). The van der Waals surface area contributed by atoms with Crippen molar-refractivity contribution in [3.63, 3.8) is 0 Å². The molecule has 1 aromatic heterocycles.